The van der Waals surface area contributed by atoms with Gasteiger partial charge in [-0.25, -0.2) is 0 Å². The summed E-state index contributed by atoms with van der Waals surface area (Å²) in [4.78, 5) is 0. The van der Waals surface area contributed by atoms with Crippen molar-refractivity contribution in [1.82, 2.24) is 5.32 Å². The average Bonchev–Trinajstić information content (AvgIpc) is 2.42. The summed E-state index contributed by atoms with van der Waals surface area (Å²) in [6.07, 6.45) is 10.7. The van der Waals surface area contributed by atoms with Gasteiger partial charge in [0.25, 0.3) is 0 Å². The number of hydrogen-bond acceptors (Lipinski definition) is 1. The summed E-state index contributed by atoms with van der Waals surface area (Å²) < 4.78 is 0. The van der Waals surface area contributed by atoms with E-state index in [1.807, 2.05) is 6.92 Å². The summed E-state index contributed by atoms with van der Waals surface area (Å²) in [5, 5.41) is 3.77. The largest absolute Gasteiger partial charge is 0.314 e. The number of hydrogen-bond donors (Lipinski definition) is 1. The molecule has 1 saturated carbocycles. The van der Waals surface area contributed by atoms with Crippen LogP contribution in [0, 0.1) is 23.7 Å². The number of rotatable bonds is 7. The van der Waals surface area contributed by atoms with E-state index in [0.717, 1.165) is 24.8 Å². The highest BCUT2D eigenvalue weighted by Gasteiger charge is 2.26. The van der Waals surface area contributed by atoms with Crippen LogP contribution < -0.4 is 5.32 Å². The molecule has 0 saturated heterocycles. The van der Waals surface area contributed by atoms with Gasteiger partial charge in [0.05, 0.1) is 0 Å². The molecule has 0 amide bonds. The molecule has 0 aromatic rings. The molecule has 0 aromatic carbocycles. The van der Waals surface area contributed by atoms with Gasteiger partial charge in [-0.05, 0) is 51.0 Å². The fraction of sp³-hybridized carbons (Fsp3) is 0.882. The highest BCUT2D eigenvalue weighted by Crippen LogP contribution is 2.34. The lowest BCUT2D eigenvalue weighted by Gasteiger charge is -2.34. The van der Waals surface area contributed by atoms with Crippen molar-refractivity contribution in [2.24, 2.45) is 11.8 Å². The van der Waals surface area contributed by atoms with Crippen LogP contribution in [0.15, 0.2) is 0 Å². The van der Waals surface area contributed by atoms with Gasteiger partial charge in [-0.15, -0.1) is 11.8 Å². The summed E-state index contributed by atoms with van der Waals surface area (Å²) in [6.45, 7) is 7.72. The van der Waals surface area contributed by atoms with Crippen LogP contribution in [0.1, 0.15) is 72.1 Å². The summed E-state index contributed by atoms with van der Waals surface area (Å²) in [5.41, 5.74) is 0. The minimum atomic E-state index is 0.708. The third-order valence-electron chi connectivity index (χ3n) is 4.38. The van der Waals surface area contributed by atoms with Crippen LogP contribution in [-0.2, 0) is 0 Å². The molecule has 104 valence electrons. The lowest BCUT2D eigenvalue weighted by molar-refractivity contribution is 0.203. The van der Waals surface area contributed by atoms with Gasteiger partial charge in [-0.1, -0.05) is 33.1 Å². The van der Waals surface area contributed by atoms with Gasteiger partial charge in [0.15, 0.2) is 0 Å². The maximum absolute atomic E-state index is 3.77. The van der Waals surface area contributed by atoms with E-state index >= 15 is 0 Å². The van der Waals surface area contributed by atoms with E-state index < -0.39 is 0 Å². The zero-order valence-corrected chi connectivity index (χ0v) is 12.6. The van der Waals surface area contributed by atoms with E-state index in [0.29, 0.717) is 6.04 Å². The smallest absolute Gasteiger partial charge is 0.0104 e. The minimum absolute atomic E-state index is 0.708. The second-order valence-electron chi connectivity index (χ2n) is 5.73. The Bertz CT molecular complexity index is 261. The van der Waals surface area contributed by atoms with Crippen molar-refractivity contribution in [3.63, 3.8) is 0 Å². The molecule has 1 aliphatic rings. The topological polar surface area (TPSA) is 12.0 Å². The molecule has 0 spiro atoms. The first-order valence-corrected chi connectivity index (χ1v) is 7.94. The molecule has 1 rings (SSSR count). The molecule has 18 heavy (non-hydrogen) atoms. The van der Waals surface area contributed by atoms with Gasteiger partial charge >= 0.3 is 0 Å². The molecule has 1 heteroatoms. The van der Waals surface area contributed by atoms with Crippen LogP contribution in [0.25, 0.3) is 0 Å². The zero-order chi connectivity index (χ0) is 13.2. The van der Waals surface area contributed by atoms with Gasteiger partial charge in [-0.2, -0.15) is 0 Å². The fourth-order valence-electron chi connectivity index (χ4n) is 3.26. The van der Waals surface area contributed by atoms with Crippen LogP contribution >= 0.6 is 0 Å². The zero-order valence-electron chi connectivity index (χ0n) is 12.6. The van der Waals surface area contributed by atoms with Crippen molar-refractivity contribution in [2.45, 2.75) is 78.2 Å². The normalized spacial score (nSPS) is 25.3. The maximum Gasteiger partial charge on any atom is 0.0104 e. The van der Waals surface area contributed by atoms with Gasteiger partial charge in [0.2, 0.25) is 0 Å². The van der Waals surface area contributed by atoms with E-state index in [-0.39, 0.29) is 0 Å². The molecule has 3 unspecified atom stereocenters. The Kier molecular flexibility index (Phi) is 8.18. The molecule has 3 atom stereocenters. The minimum Gasteiger partial charge on any atom is -0.314 e. The standard InChI is InChI=1S/C17H31N/c1-4-7-8-12-17(18-13-5-2)16-11-9-10-15(6-3)14-16/h15-18H,5-6,8-14H2,1-3H3. The van der Waals surface area contributed by atoms with Crippen LogP contribution in [0.2, 0.25) is 0 Å². The molecule has 0 aliphatic heterocycles. The predicted molar refractivity (Wildman–Crippen MR) is 80.5 cm³/mol. The molecule has 1 N–H and O–H groups in total. The Morgan fingerprint density at radius 3 is 2.78 bits per heavy atom. The van der Waals surface area contributed by atoms with Crippen molar-refractivity contribution in [1.29, 1.82) is 0 Å². The van der Waals surface area contributed by atoms with E-state index in [4.69, 9.17) is 0 Å². The lowest BCUT2D eigenvalue weighted by atomic mass is 9.76. The van der Waals surface area contributed by atoms with Gasteiger partial charge in [0.1, 0.15) is 0 Å². The lowest BCUT2D eigenvalue weighted by Crippen LogP contribution is -2.39. The monoisotopic (exact) mass is 249 g/mol. The molecule has 0 radical (unpaired) electrons. The molecule has 1 nitrogen and oxygen atoms in total. The second-order valence-corrected chi connectivity index (χ2v) is 5.73. The first-order chi connectivity index (χ1) is 8.81. The highest BCUT2D eigenvalue weighted by atomic mass is 14.9. The quantitative estimate of drug-likeness (QED) is 0.660. The van der Waals surface area contributed by atoms with E-state index in [9.17, 15) is 0 Å². The summed E-state index contributed by atoms with van der Waals surface area (Å²) >= 11 is 0. The van der Waals surface area contributed by atoms with Gasteiger partial charge in [0, 0.05) is 12.5 Å². The first-order valence-electron chi connectivity index (χ1n) is 7.94. The molecule has 1 aliphatic carbocycles. The molecule has 0 bridgehead atoms. The Morgan fingerprint density at radius 1 is 1.28 bits per heavy atom. The van der Waals surface area contributed by atoms with Crippen molar-refractivity contribution < 1.29 is 0 Å². The number of nitrogens with one attached hydrogen (secondary N) is 1. The fourth-order valence-corrected chi connectivity index (χ4v) is 3.26. The SMILES string of the molecule is CC#CCCC(NCCC)C1CCCC(CC)C1. The summed E-state index contributed by atoms with van der Waals surface area (Å²) in [5.74, 6) is 8.13. The van der Waals surface area contributed by atoms with Crippen LogP contribution in [0.4, 0.5) is 0 Å². The first kappa shape index (κ1) is 15.6. The highest BCUT2D eigenvalue weighted by molar-refractivity contribution is 4.96. The Labute approximate surface area is 114 Å². The van der Waals surface area contributed by atoms with E-state index in [1.54, 1.807) is 0 Å². The van der Waals surface area contributed by atoms with Crippen molar-refractivity contribution >= 4 is 0 Å². The Morgan fingerprint density at radius 2 is 2.11 bits per heavy atom. The second kappa shape index (κ2) is 9.45. The Balaban J connectivity index is 2.47. The van der Waals surface area contributed by atoms with Crippen LogP contribution in [0.5, 0.6) is 0 Å². The molecule has 0 aromatic heterocycles. The molecular formula is C17H31N. The van der Waals surface area contributed by atoms with Crippen molar-refractivity contribution in [2.75, 3.05) is 6.54 Å². The van der Waals surface area contributed by atoms with Crippen LogP contribution in [-0.4, -0.2) is 12.6 Å². The molecule has 1 fully saturated rings. The Hall–Kier alpha value is -0.480. The summed E-state index contributed by atoms with van der Waals surface area (Å²) in [7, 11) is 0. The summed E-state index contributed by atoms with van der Waals surface area (Å²) in [6, 6.07) is 0.708. The predicted octanol–water partition coefficient (Wildman–Crippen LogP) is 4.37. The van der Waals surface area contributed by atoms with E-state index in [2.05, 4.69) is 31.0 Å². The molecular weight excluding hydrogens is 218 g/mol. The third kappa shape index (κ3) is 5.44. The molecule has 0 heterocycles. The maximum atomic E-state index is 3.77. The average molecular weight is 249 g/mol. The van der Waals surface area contributed by atoms with Crippen molar-refractivity contribution in [3.8, 4) is 11.8 Å². The van der Waals surface area contributed by atoms with Crippen LogP contribution in [0.3, 0.4) is 0 Å². The van der Waals surface area contributed by atoms with Gasteiger partial charge in [-0.3, -0.25) is 0 Å². The van der Waals surface area contributed by atoms with E-state index in [1.165, 1.54) is 44.9 Å². The van der Waals surface area contributed by atoms with Gasteiger partial charge < -0.3 is 5.32 Å². The third-order valence-corrected chi connectivity index (χ3v) is 4.38. The van der Waals surface area contributed by atoms with Crippen molar-refractivity contribution in [3.05, 3.63) is 0 Å².